The number of ether oxygens (including phenoxy) is 4. The maximum atomic E-state index is 15.0. The minimum absolute atomic E-state index is 0.0155. The van der Waals surface area contributed by atoms with Crippen LogP contribution in [0.4, 0.5) is 4.79 Å². The van der Waals surface area contributed by atoms with Gasteiger partial charge in [-0.25, -0.2) is 18.2 Å². The quantitative estimate of drug-likeness (QED) is 0.276. The minimum Gasteiger partial charge on any atom is -0.496 e. The molecule has 16 heteroatoms. The Morgan fingerprint density at radius 2 is 1.83 bits per heavy atom. The third-order valence-electron chi connectivity index (χ3n) is 13.0. The zero-order valence-corrected chi connectivity index (χ0v) is 34.6. The lowest BCUT2D eigenvalue weighted by atomic mass is 9.83. The van der Waals surface area contributed by atoms with Gasteiger partial charge in [0, 0.05) is 35.4 Å². The number of hydrogen-bond acceptors (Lipinski definition) is 11. The lowest BCUT2D eigenvalue weighted by Gasteiger charge is -2.35. The van der Waals surface area contributed by atoms with Gasteiger partial charge in [0.2, 0.25) is 27.7 Å². The number of carbonyl (C=O) groups is 4. The summed E-state index contributed by atoms with van der Waals surface area (Å²) in [5, 5.41) is 5.86. The highest BCUT2D eigenvalue weighted by molar-refractivity contribution is 7.91. The molecule has 3 N–H and O–H groups in total. The third-order valence-corrected chi connectivity index (χ3v) is 14.8. The van der Waals surface area contributed by atoms with Crippen molar-refractivity contribution in [2.45, 2.75) is 125 Å². The van der Waals surface area contributed by atoms with Crippen molar-refractivity contribution >= 4 is 50.8 Å². The van der Waals surface area contributed by atoms with E-state index in [-0.39, 0.29) is 37.3 Å². The highest BCUT2D eigenvalue weighted by atomic mass is 32.2. The maximum absolute atomic E-state index is 15.0. The molecule has 1 saturated heterocycles. The van der Waals surface area contributed by atoms with Gasteiger partial charge in [-0.2, -0.15) is 0 Å². The number of amides is 4. The molecule has 4 saturated carbocycles. The summed E-state index contributed by atoms with van der Waals surface area (Å²) in [4.78, 5) is 63.3. The van der Waals surface area contributed by atoms with Crippen LogP contribution in [0, 0.1) is 17.8 Å². The summed E-state index contributed by atoms with van der Waals surface area (Å²) in [5.41, 5.74) is -0.202. The van der Waals surface area contributed by atoms with E-state index < -0.39 is 68.7 Å². The largest absolute Gasteiger partial charge is 0.496 e. The zero-order valence-electron chi connectivity index (χ0n) is 33.8. The topological polar surface area (TPSA) is 192 Å². The molecule has 1 aromatic carbocycles. The Labute approximate surface area is 345 Å². The average Bonchev–Trinajstić information content (AvgIpc) is 4.12. The van der Waals surface area contributed by atoms with E-state index in [2.05, 4.69) is 28.0 Å². The predicted molar refractivity (Wildman–Crippen MR) is 218 cm³/mol. The van der Waals surface area contributed by atoms with Crippen molar-refractivity contribution in [2.24, 2.45) is 17.8 Å². The first-order chi connectivity index (χ1) is 28.4. The summed E-state index contributed by atoms with van der Waals surface area (Å²) in [5.74, 6) is -1.18. The number of hydrogen-bond donors (Lipinski definition) is 3. The molecule has 15 nitrogen and oxygen atoms in total. The van der Waals surface area contributed by atoms with E-state index in [4.69, 9.17) is 23.9 Å². The number of aromatic nitrogens is 1. The van der Waals surface area contributed by atoms with Crippen LogP contribution in [0.2, 0.25) is 0 Å². The Morgan fingerprint density at radius 3 is 2.54 bits per heavy atom. The van der Waals surface area contributed by atoms with Crippen molar-refractivity contribution in [1.29, 1.82) is 0 Å². The second-order valence-electron chi connectivity index (χ2n) is 17.0. The number of rotatable bonds is 10. The van der Waals surface area contributed by atoms with Gasteiger partial charge in [-0.1, -0.05) is 37.5 Å². The molecule has 318 valence electrons. The van der Waals surface area contributed by atoms with Crippen LogP contribution in [0.15, 0.2) is 36.9 Å². The molecule has 1 aromatic heterocycles. The highest BCUT2D eigenvalue weighted by Gasteiger charge is 2.62. The first-order valence-electron chi connectivity index (χ1n) is 21.2. The zero-order chi connectivity index (χ0) is 41.5. The molecule has 59 heavy (non-hydrogen) atoms. The number of nitrogens with one attached hydrogen (secondary N) is 3. The molecule has 5 fully saturated rings. The molecule has 3 heterocycles. The number of methoxy groups -OCH3 is 1. The standard InChI is InChI=1S/C43H55N5O10S/c1-4-28-23-43(28,41(51)47-59(53,54)30-17-18-30)46-39(49)33-20-29-24-48(33)40(50)38(26-11-7-6-8-12-26)45-42(52)58-34-16-10-14-25(34)13-9-15-27-19-31-32(21-35(27)55-3)44-37(56-5-2)22-36(31)57-29/h4,9,15,19,21-22,25-26,28-30,33-34,38H,1,5-8,10-14,16-18,20,23-24H2,2-3H3,(H,45,52)(H,46,49)(H,47,51)/b15-9+/t25-,28+,29+,33-,34-,38-,43+/m0/s1. The molecule has 4 amide bonds. The summed E-state index contributed by atoms with van der Waals surface area (Å²) >= 11 is 0. The number of fused-ring (bicyclic) bond motifs is 4. The van der Waals surface area contributed by atoms with Gasteiger partial charge in [0.25, 0.3) is 5.91 Å². The summed E-state index contributed by atoms with van der Waals surface area (Å²) < 4.78 is 52.3. The smallest absolute Gasteiger partial charge is 0.408 e. The van der Waals surface area contributed by atoms with E-state index in [1.165, 1.54) is 11.0 Å². The van der Waals surface area contributed by atoms with E-state index in [1.54, 1.807) is 13.2 Å². The number of benzene rings is 1. The molecule has 6 aliphatic rings. The molecule has 4 aliphatic carbocycles. The highest BCUT2D eigenvalue weighted by Crippen LogP contribution is 2.46. The fraction of sp³-hybridized carbons (Fsp3) is 0.605. The van der Waals surface area contributed by atoms with Gasteiger partial charge in [-0.05, 0) is 82.6 Å². The Kier molecular flexibility index (Phi) is 11.5. The van der Waals surface area contributed by atoms with E-state index in [0.29, 0.717) is 73.4 Å². The minimum atomic E-state index is -3.91. The van der Waals surface area contributed by atoms with Crippen LogP contribution < -0.4 is 29.6 Å². The lowest BCUT2D eigenvalue weighted by molar-refractivity contribution is -0.142. The molecule has 0 spiro atoms. The van der Waals surface area contributed by atoms with E-state index in [0.717, 1.165) is 37.7 Å². The van der Waals surface area contributed by atoms with Gasteiger partial charge in [-0.3, -0.25) is 19.1 Å². The van der Waals surface area contributed by atoms with Gasteiger partial charge in [0.15, 0.2) is 0 Å². The van der Waals surface area contributed by atoms with E-state index in [9.17, 15) is 22.8 Å². The molecule has 4 bridgehead atoms. The normalized spacial score (nSPS) is 30.5. The van der Waals surface area contributed by atoms with Crippen molar-refractivity contribution < 1.29 is 46.5 Å². The number of carbonyl (C=O) groups excluding carboxylic acids is 4. The summed E-state index contributed by atoms with van der Waals surface area (Å²) in [6, 6.07) is 3.35. The Morgan fingerprint density at radius 1 is 1.05 bits per heavy atom. The molecule has 8 rings (SSSR count). The van der Waals surface area contributed by atoms with E-state index >= 15 is 4.79 Å². The van der Waals surface area contributed by atoms with Crippen LogP contribution in [0.3, 0.4) is 0 Å². The van der Waals surface area contributed by atoms with Crippen molar-refractivity contribution in [3.05, 3.63) is 42.5 Å². The van der Waals surface area contributed by atoms with Crippen LogP contribution >= 0.6 is 0 Å². The molecule has 0 unspecified atom stereocenters. The van der Waals surface area contributed by atoms with Crippen molar-refractivity contribution in [1.82, 2.24) is 25.2 Å². The summed E-state index contributed by atoms with van der Waals surface area (Å²) in [7, 11) is -2.32. The van der Waals surface area contributed by atoms with Crippen LogP contribution in [0.25, 0.3) is 17.0 Å². The predicted octanol–water partition coefficient (Wildman–Crippen LogP) is 4.92. The Hall–Kier alpha value is -4.86. The monoisotopic (exact) mass is 833 g/mol. The number of alkyl carbamates (subject to hydrolysis) is 1. The second-order valence-corrected chi connectivity index (χ2v) is 18.9. The SMILES string of the molecule is C=C[C@@H]1C[C@]1(NC(=O)[C@@H]1C[C@@H]2CN1C(=O)[C@H](C1CCCCC1)NC(=O)O[C@H]1CCC[C@@H]1C/C=C/c1cc3c(cc(OCC)nc3cc1OC)O2)C(=O)NS(=O)(=O)C1CC1. The maximum Gasteiger partial charge on any atom is 0.408 e. The van der Waals surface area contributed by atoms with Crippen LogP contribution in [0.1, 0.15) is 96.0 Å². The first kappa shape index (κ1) is 40.9. The first-order valence-corrected chi connectivity index (χ1v) is 22.7. The summed E-state index contributed by atoms with van der Waals surface area (Å²) in [6.07, 6.45) is 12.4. The molecular formula is C43H55N5O10S. The fourth-order valence-electron chi connectivity index (χ4n) is 9.54. The number of allylic oxidation sites excluding steroid dienone is 1. The third kappa shape index (κ3) is 8.46. The van der Waals surface area contributed by atoms with Crippen LogP contribution in [-0.2, 0) is 29.1 Å². The Balaban J connectivity index is 1.18. The van der Waals surface area contributed by atoms with Crippen LogP contribution in [-0.4, -0.2) is 97.5 Å². The van der Waals surface area contributed by atoms with Gasteiger partial charge < -0.3 is 34.5 Å². The number of pyridine rings is 1. The fourth-order valence-corrected chi connectivity index (χ4v) is 10.9. The summed E-state index contributed by atoms with van der Waals surface area (Å²) in [6.45, 7) is 6.01. The number of sulfonamides is 1. The van der Waals surface area contributed by atoms with Crippen molar-refractivity contribution in [3.8, 4) is 17.4 Å². The molecule has 2 aromatic rings. The molecular weight excluding hydrogens is 779 g/mol. The average molecular weight is 834 g/mol. The second kappa shape index (κ2) is 16.7. The van der Waals surface area contributed by atoms with Crippen molar-refractivity contribution in [3.63, 3.8) is 0 Å². The number of nitrogens with zero attached hydrogens (tertiary/aromatic N) is 2. The lowest BCUT2D eigenvalue weighted by Crippen LogP contribution is -2.59. The van der Waals surface area contributed by atoms with E-state index in [1.807, 2.05) is 25.1 Å². The van der Waals surface area contributed by atoms with Gasteiger partial charge >= 0.3 is 6.09 Å². The van der Waals surface area contributed by atoms with Gasteiger partial charge in [-0.15, -0.1) is 6.58 Å². The van der Waals surface area contributed by atoms with Gasteiger partial charge in [0.1, 0.15) is 41.3 Å². The molecule has 0 radical (unpaired) electrons. The Bertz CT molecular complexity index is 2140. The van der Waals surface area contributed by atoms with Gasteiger partial charge in [0.05, 0.1) is 31.0 Å². The van der Waals surface area contributed by atoms with Crippen LogP contribution in [0.5, 0.6) is 17.4 Å². The molecule has 2 aliphatic heterocycles. The molecule has 7 atom stereocenters. The van der Waals surface area contributed by atoms with Crippen molar-refractivity contribution in [2.75, 3.05) is 20.3 Å².